The largest absolute Gasteiger partial charge is 0.393 e. The van der Waals surface area contributed by atoms with Crippen LogP contribution in [0.15, 0.2) is 15.3 Å². The molecular weight excluding hydrogens is 248 g/mol. The maximum atomic E-state index is 9.84. The molecule has 2 rings (SSSR count). The molecule has 18 heavy (non-hydrogen) atoms. The number of aliphatic hydroxyl groups is 1. The molecule has 1 atom stereocenters. The smallest absolute Gasteiger partial charge is 0.229 e. The van der Waals surface area contributed by atoms with Crippen molar-refractivity contribution in [3.8, 4) is 11.4 Å². The molecule has 0 spiro atoms. The third-order valence-electron chi connectivity index (χ3n) is 2.72. The van der Waals surface area contributed by atoms with Crippen molar-refractivity contribution in [3.05, 3.63) is 22.2 Å². The second-order valence-corrected chi connectivity index (χ2v) is 5.71. The van der Waals surface area contributed by atoms with Crippen LogP contribution in [0.4, 0.5) is 0 Å². The highest BCUT2D eigenvalue weighted by Gasteiger charge is 2.15. The zero-order chi connectivity index (χ0) is 13.1. The predicted molar refractivity (Wildman–Crippen MR) is 71.5 cm³/mol. The van der Waals surface area contributed by atoms with E-state index in [0.29, 0.717) is 24.1 Å². The summed E-state index contributed by atoms with van der Waals surface area (Å²) in [7, 11) is 0. The van der Waals surface area contributed by atoms with Crippen LogP contribution in [-0.4, -0.2) is 21.4 Å². The maximum Gasteiger partial charge on any atom is 0.229 e. The monoisotopic (exact) mass is 266 g/mol. The number of nitrogens with zero attached hydrogens (tertiary/aromatic N) is 2. The zero-order valence-electron chi connectivity index (χ0n) is 10.9. The molecule has 0 fully saturated rings. The fraction of sp³-hybridized carbons (Fsp3) is 0.538. The van der Waals surface area contributed by atoms with Crippen molar-refractivity contribution in [2.45, 2.75) is 39.7 Å². The molecule has 0 amide bonds. The summed E-state index contributed by atoms with van der Waals surface area (Å²) in [5, 5.41) is 17.9. The van der Waals surface area contributed by atoms with Crippen molar-refractivity contribution in [3.63, 3.8) is 0 Å². The van der Waals surface area contributed by atoms with Crippen molar-refractivity contribution in [1.29, 1.82) is 0 Å². The van der Waals surface area contributed by atoms with Gasteiger partial charge in [-0.05, 0) is 30.2 Å². The van der Waals surface area contributed by atoms with Crippen LogP contribution in [0, 0.1) is 12.8 Å². The Morgan fingerprint density at radius 1 is 1.39 bits per heavy atom. The minimum Gasteiger partial charge on any atom is -0.393 e. The van der Waals surface area contributed by atoms with Gasteiger partial charge in [-0.1, -0.05) is 19.0 Å². The van der Waals surface area contributed by atoms with Gasteiger partial charge in [-0.15, -0.1) is 0 Å². The molecule has 2 aromatic rings. The summed E-state index contributed by atoms with van der Waals surface area (Å²) in [6.45, 7) is 6.18. The van der Waals surface area contributed by atoms with Crippen LogP contribution in [-0.2, 0) is 6.42 Å². The molecule has 1 unspecified atom stereocenters. The second-order valence-electron chi connectivity index (χ2n) is 4.97. The first-order valence-corrected chi connectivity index (χ1v) is 7.04. The highest BCUT2D eigenvalue weighted by Crippen LogP contribution is 2.24. The van der Waals surface area contributed by atoms with Crippen molar-refractivity contribution in [2.24, 2.45) is 5.92 Å². The van der Waals surface area contributed by atoms with E-state index in [9.17, 15) is 5.11 Å². The molecule has 0 bridgehead atoms. The lowest BCUT2D eigenvalue weighted by molar-refractivity contribution is 0.138. The van der Waals surface area contributed by atoms with Crippen LogP contribution < -0.4 is 0 Å². The summed E-state index contributed by atoms with van der Waals surface area (Å²) in [4.78, 5) is 4.33. The molecule has 0 radical (unpaired) electrons. The average molecular weight is 266 g/mol. The molecule has 0 aliphatic carbocycles. The van der Waals surface area contributed by atoms with E-state index < -0.39 is 6.10 Å². The SMILES string of the molecule is Cc1cscc1-c1noc(CC(O)CC(C)C)n1. The van der Waals surface area contributed by atoms with E-state index in [-0.39, 0.29) is 0 Å². The van der Waals surface area contributed by atoms with E-state index >= 15 is 0 Å². The van der Waals surface area contributed by atoms with Gasteiger partial charge in [0.15, 0.2) is 0 Å². The number of thiophene rings is 1. The maximum absolute atomic E-state index is 9.84. The number of aryl methyl sites for hydroxylation is 1. The summed E-state index contributed by atoms with van der Waals surface area (Å²) < 4.78 is 5.18. The van der Waals surface area contributed by atoms with E-state index in [1.165, 1.54) is 0 Å². The Labute approximate surface area is 111 Å². The van der Waals surface area contributed by atoms with Gasteiger partial charge in [0.1, 0.15) is 0 Å². The summed E-state index contributed by atoms with van der Waals surface area (Å²) >= 11 is 1.62. The molecular formula is C13H18N2O2S. The molecule has 98 valence electrons. The van der Waals surface area contributed by atoms with Gasteiger partial charge < -0.3 is 9.63 Å². The Balaban J connectivity index is 2.05. The van der Waals surface area contributed by atoms with Gasteiger partial charge in [-0.3, -0.25) is 0 Å². The zero-order valence-corrected chi connectivity index (χ0v) is 11.7. The molecule has 4 nitrogen and oxygen atoms in total. The van der Waals surface area contributed by atoms with Crippen LogP contribution in [0.1, 0.15) is 31.7 Å². The minimum absolute atomic E-state index is 0.415. The van der Waals surface area contributed by atoms with E-state index in [0.717, 1.165) is 17.5 Å². The van der Waals surface area contributed by atoms with Gasteiger partial charge in [0, 0.05) is 10.9 Å². The lowest BCUT2D eigenvalue weighted by Crippen LogP contribution is -2.13. The third kappa shape index (κ3) is 3.17. The quantitative estimate of drug-likeness (QED) is 0.903. The van der Waals surface area contributed by atoms with Crippen molar-refractivity contribution in [1.82, 2.24) is 10.1 Å². The Morgan fingerprint density at radius 2 is 2.17 bits per heavy atom. The number of hydrogen-bond acceptors (Lipinski definition) is 5. The van der Waals surface area contributed by atoms with E-state index in [4.69, 9.17) is 4.52 Å². The molecule has 2 heterocycles. The van der Waals surface area contributed by atoms with Gasteiger partial charge in [0.2, 0.25) is 11.7 Å². The number of rotatable bonds is 5. The van der Waals surface area contributed by atoms with Crippen LogP contribution in [0.5, 0.6) is 0 Å². The fourth-order valence-corrected chi connectivity index (χ4v) is 2.69. The van der Waals surface area contributed by atoms with Gasteiger partial charge in [-0.2, -0.15) is 16.3 Å². The van der Waals surface area contributed by atoms with Gasteiger partial charge in [0.05, 0.1) is 12.5 Å². The predicted octanol–water partition coefficient (Wildman–Crippen LogP) is 3.06. The first kappa shape index (κ1) is 13.2. The summed E-state index contributed by atoms with van der Waals surface area (Å²) in [5.41, 5.74) is 2.16. The first-order chi connectivity index (χ1) is 8.56. The normalized spacial score (nSPS) is 13.2. The van der Waals surface area contributed by atoms with Crippen LogP contribution >= 0.6 is 11.3 Å². The molecule has 0 aliphatic heterocycles. The highest BCUT2D eigenvalue weighted by molar-refractivity contribution is 7.08. The standard InChI is InChI=1S/C13H18N2O2S/c1-8(2)4-10(16)5-12-14-13(15-17-12)11-7-18-6-9(11)3/h6-8,10,16H,4-5H2,1-3H3. The summed E-state index contributed by atoms with van der Waals surface area (Å²) in [5.74, 6) is 1.57. The third-order valence-corrected chi connectivity index (χ3v) is 3.58. The Hall–Kier alpha value is -1.20. The minimum atomic E-state index is -0.415. The van der Waals surface area contributed by atoms with Gasteiger partial charge in [0.25, 0.3) is 0 Å². The average Bonchev–Trinajstić information content (AvgIpc) is 2.85. The van der Waals surface area contributed by atoms with Crippen molar-refractivity contribution >= 4 is 11.3 Å². The van der Waals surface area contributed by atoms with Crippen LogP contribution in [0.2, 0.25) is 0 Å². The molecule has 2 aromatic heterocycles. The van der Waals surface area contributed by atoms with Crippen LogP contribution in [0.25, 0.3) is 11.4 Å². The molecule has 0 saturated carbocycles. The molecule has 0 saturated heterocycles. The topological polar surface area (TPSA) is 59.2 Å². The Morgan fingerprint density at radius 3 is 2.78 bits per heavy atom. The highest BCUT2D eigenvalue weighted by atomic mass is 32.1. The Kier molecular flexibility index (Phi) is 4.14. The van der Waals surface area contributed by atoms with E-state index in [1.54, 1.807) is 11.3 Å². The Bertz CT molecular complexity index is 505. The molecule has 5 heteroatoms. The van der Waals surface area contributed by atoms with E-state index in [1.807, 2.05) is 12.3 Å². The van der Waals surface area contributed by atoms with Gasteiger partial charge >= 0.3 is 0 Å². The summed E-state index contributed by atoms with van der Waals surface area (Å²) in [6, 6.07) is 0. The van der Waals surface area contributed by atoms with Gasteiger partial charge in [-0.25, -0.2) is 0 Å². The lowest BCUT2D eigenvalue weighted by atomic mass is 10.0. The molecule has 0 aliphatic rings. The first-order valence-electron chi connectivity index (χ1n) is 6.10. The van der Waals surface area contributed by atoms with Crippen molar-refractivity contribution < 1.29 is 9.63 Å². The molecule has 0 aromatic carbocycles. The number of hydrogen-bond donors (Lipinski definition) is 1. The molecule has 1 N–H and O–H groups in total. The lowest BCUT2D eigenvalue weighted by Gasteiger charge is -2.09. The number of aliphatic hydroxyl groups excluding tert-OH is 1. The summed E-state index contributed by atoms with van der Waals surface area (Å²) in [6.07, 6.45) is 0.755. The fourth-order valence-electron chi connectivity index (χ4n) is 1.87. The number of aromatic nitrogens is 2. The van der Waals surface area contributed by atoms with E-state index in [2.05, 4.69) is 29.4 Å². The van der Waals surface area contributed by atoms with Crippen LogP contribution in [0.3, 0.4) is 0 Å². The van der Waals surface area contributed by atoms with Crippen molar-refractivity contribution in [2.75, 3.05) is 0 Å². The second kappa shape index (κ2) is 5.63.